The van der Waals surface area contributed by atoms with Crippen LogP contribution in [0.25, 0.3) is 0 Å². The fourth-order valence-electron chi connectivity index (χ4n) is 2.62. The van der Waals surface area contributed by atoms with Gasteiger partial charge in [-0.25, -0.2) is 13.1 Å². The Labute approximate surface area is 142 Å². The van der Waals surface area contributed by atoms with Crippen molar-refractivity contribution in [3.05, 3.63) is 35.7 Å². The Morgan fingerprint density at radius 3 is 2.42 bits per heavy atom. The summed E-state index contributed by atoms with van der Waals surface area (Å²) < 4.78 is 26.5. The molecule has 1 aromatic carbocycles. The molecule has 24 heavy (non-hydrogen) atoms. The van der Waals surface area contributed by atoms with Crippen molar-refractivity contribution in [2.45, 2.75) is 24.2 Å². The molecule has 0 amide bonds. The van der Waals surface area contributed by atoms with Gasteiger partial charge in [0.1, 0.15) is 0 Å². The highest BCUT2D eigenvalue weighted by atomic mass is 32.2. The van der Waals surface area contributed by atoms with Gasteiger partial charge in [0.2, 0.25) is 0 Å². The Morgan fingerprint density at radius 2 is 1.75 bits per heavy atom. The number of likely N-dealkylation sites (N-methyl/N-ethyl adjacent to an activating group) is 1. The number of benzene rings is 1. The predicted octanol–water partition coefficient (Wildman–Crippen LogP) is 0.160. The van der Waals surface area contributed by atoms with Gasteiger partial charge >= 0.3 is 0 Å². The SMILES string of the molecule is Cc1ccc(S(=O)(=O)Cn2nnnc2CN2CCN(C)CC2)cc1. The fourth-order valence-corrected chi connectivity index (χ4v) is 3.85. The lowest BCUT2D eigenvalue weighted by Gasteiger charge is -2.31. The minimum absolute atomic E-state index is 0.244. The van der Waals surface area contributed by atoms with Crippen LogP contribution in [0.5, 0.6) is 0 Å². The molecule has 0 unspecified atom stereocenters. The van der Waals surface area contributed by atoms with Crippen molar-refractivity contribution in [2.75, 3.05) is 33.2 Å². The second-order valence-corrected chi connectivity index (χ2v) is 8.19. The molecule has 8 nitrogen and oxygen atoms in total. The molecule has 2 aromatic rings. The zero-order chi connectivity index (χ0) is 17.2. The molecule has 1 aliphatic heterocycles. The molecule has 0 atom stereocenters. The van der Waals surface area contributed by atoms with Crippen LogP contribution in [0.3, 0.4) is 0 Å². The van der Waals surface area contributed by atoms with Gasteiger partial charge in [0.25, 0.3) is 0 Å². The van der Waals surface area contributed by atoms with E-state index in [0.717, 1.165) is 31.7 Å². The largest absolute Gasteiger partial charge is 0.304 e. The van der Waals surface area contributed by atoms with Gasteiger partial charge in [-0.1, -0.05) is 17.7 Å². The van der Waals surface area contributed by atoms with Crippen LogP contribution in [-0.4, -0.2) is 71.7 Å². The van der Waals surface area contributed by atoms with Crippen LogP contribution in [0.2, 0.25) is 0 Å². The summed E-state index contributed by atoms with van der Waals surface area (Å²) in [6.07, 6.45) is 0. The van der Waals surface area contributed by atoms with Gasteiger partial charge in [-0.15, -0.1) is 5.10 Å². The third kappa shape index (κ3) is 3.97. The van der Waals surface area contributed by atoms with Crippen molar-refractivity contribution in [2.24, 2.45) is 0 Å². The van der Waals surface area contributed by atoms with Crippen LogP contribution in [0, 0.1) is 6.92 Å². The number of aromatic nitrogens is 4. The summed E-state index contributed by atoms with van der Waals surface area (Å²) in [7, 11) is -1.39. The van der Waals surface area contributed by atoms with E-state index in [1.54, 1.807) is 24.3 Å². The van der Waals surface area contributed by atoms with E-state index in [1.165, 1.54) is 4.68 Å². The maximum Gasteiger partial charge on any atom is 0.198 e. The molecule has 1 saturated heterocycles. The Balaban J connectivity index is 1.72. The summed E-state index contributed by atoms with van der Waals surface area (Å²) in [6.45, 7) is 6.31. The smallest absolute Gasteiger partial charge is 0.198 e. The maximum absolute atomic E-state index is 12.6. The molecule has 130 valence electrons. The number of nitrogens with zero attached hydrogens (tertiary/aromatic N) is 6. The fraction of sp³-hybridized carbons (Fsp3) is 0.533. The van der Waals surface area contributed by atoms with Gasteiger partial charge in [-0.3, -0.25) is 4.90 Å². The van der Waals surface area contributed by atoms with Crippen molar-refractivity contribution in [3.63, 3.8) is 0 Å². The molecular formula is C15H22N6O2S. The number of hydrogen-bond donors (Lipinski definition) is 0. The highest BCUT2D eigenvalue weighted by molar-refractivity contribution is 7.90. The minimum atomic E-state index is -3.48. The van der Waals surface area contributed by atoms with E-state index in [0.29, 0.717) is 12.4 Å². The van der Waals surface area contributed by atoms with E-state index < -0.39 is 9.84 Å². The van der Waals surface area contributed by atoms with E-state index in [9.17, 15) is 8.42 Å². The molecule has 9 heteroatoms. The molecule has 1 aromatic heterocycles. The van der Waals surface area contributed by atoms with Crippen LogP contribution in [0.1, 0.15) is 11.4 Å². The Hall–Kier alpha value is -1.84. The van der Waals surface area contributed by atoms with E-state index in [-0.39, 0.29) is 10.8 Å². The van der Waals surface area contributed by atoms with Crippen LogP contribution in [0.4, 0.5) is 0 Å². The topological polar surface area (TPSA) is 84.2 Å². The van der Waals surface area contributed by atoms with E-state index in [2.05, 4.69) is 32.4 Å². The minimum Gasteiger partial charge on any atom is -0.304 e. The molecular weight excluding hydrogens is 328 g/mol. The Morgan fingerprint density at radius 1 is 1.08 bits per heavy atom. The number of aryl methyl sites for hydroxylation is 1. The first-order valence-electron chi connectivity index (χ1n) is 7.89. The summed E-state index contributed by atoms with van der Waals surface area (Å²) in [5.74, 6) is 0.335. The molecule has 0 bridgehead atoms. The number of sulfone groups is 1. The second kappa shape index (κ2) is 6.96. The monoisotopic (exact) mass is 350 g/mol. The van der Waals surface area contributed by atoms with Crippen molar-refractivity contribution in [1.82, 2.24) is 30.0 Å². The first kappa shape index (κ1) is 17.0. The van der Waals surface area contributed by atoms with Crippen LogP contribution < -0.4 is 0 Å². The van der Waals surface area contributed by atoms with Crippen molar-refractivity contribution in [1.29, 1.82) is 0 Å². The second-order valence-electron chi connectivity index (χ2n) is 6.23. The van der Waals surface area contributed by atoms with Crippen LogP contribution in [-0.2, 0) is 22.3 Å². The third-order valence-corrected chi connectivity index (χ3v) is 5.81. The number of tetrazole rings is 1. The van der Waals surface area contributed by atoms with Crippen LogP contribution in [0.15, 0.2) is 29.2 Å². The molecule has 0 radical (unpaired) electrons. The lowest BCUT2D eigenvalue weighted by molar-refractivity contribution is 0.144. The van der Waals surface area contributed by atoms with Gasteiger partial charge in [-0.2, -0.15) is 0 Å². The van der Waals surface area contributed by atoms with Gasteiger partial charge in [0.15, 0.2) is 21.5 Å². The molecule has 0 spiro atoms. The highest BCUT2D eigenvalue weighted by Crippen LogP contribution is 2.14. The Kier molecular flexibility index (Phi) is 4.93. The Bertz CT molecular complexity index is 779. The zero-order valence-electron chi connectivity index (χ0n) is 14.0. The van der Waals surface area contributed by atoms with Gasteiger partial charge in [0.05, 0.1) is 11.4 Å². The first-order valence-corrected chi connectivity index (χ1v) is 9.55. The first-order chi connectivity index (χ1) is 11.4. The summed E-state index contributed by atoms with van der Waals surface area (Å²) in [4.78, 5) is 4.79. The van der Waals surface area contributed by atoms with E-state index in [1.807, 2.05) is 6.92 Å². The molecule has 3 rings (SSSR count). The van der Waals surface area contributed by atoms with Crippen molar-refractivity contribution >= 4 is 9.84 Å². The lowest BCUT2D eigenvalue weighted by Crippen LogP contribution is -2.44. The van der Waals surface area contributed by atoms with Gasteiger partial charge in [-0.05, 0) is 36.5 Å². The van der Waals surface area contributed by atoms with Gasteiger partial charge < -0.3 is 4.90 Å². The van der Waals surface area contributed by atoms with E-state index in [4.69, 9.17) is 0 Å². The lowest BCUT2D eigenvalue weighted by atomic mass is 10.2. The highest BCUT2D eigenvalue weighted by Gasteiger charge is 2.21. The quantitative estimate of drug-likeness (QED) is 0.759. The molecule has 1 fully saturated rings. The summed E-state index contributed by atoms with van der Waals surface area (Å²) in [5, 5.41) is 11.5. The average molecular weight is 350 g/mol. The average Bonchev–Trinajstić information content (AvgIpc) is 2.96. The molecule has 0 saturated carbocycles. The number of piperazine rings is 1. The standard InChI is InChI=1S/C15H22N6O2S/c1-13-3-5-14(6-4-13)24(22,23)12-21-15(16-17-18-21)11-20-9-7-19(2)8-10-20/h3-6H,7-12H2,1-2H3. The predicted molar refractivity (Wildman–Crippen MR) is 89.0 cm³/mol. The van der Waals surface area contributed by atoms with Crippen LogP contribution >= 0.6 is 0 Å². The van der Waals surface area contributed by atoms with Gasteiger partial charge in [0, 0.05) is 26.2 Å². The molecule has 2 heterocycles. The molecule has 0 aliphatic carbocycles. The summed E-state index contributed by atoms with van der Waals surface area (Å²) in [6, 6.07) is 6.82. The summed E-state index contributed by atoms with van der Waals surface area (Å²) >= 11 is 0. The van der Waals surface area contributed by atoms with E-state index >= 15 is 0 Å². The number of rotatable bonds is 5. The van der Waals surface area contributed by atoms with Crippen molar-refractivity contribution in [3.8, 4) is 0 Å². The normalized spacial score (nSPS) is 17.2. The van der Waals surface area contributed by atoms with Crippen molar-refractivity contribution < 1.29 is 8.42 Å². The maximum atomic E-state index is 12.6. The summed E-state index contributed by atoms with van der Waals surface area (Å²) in [5.41, 5.74) is 1.02. The molecule has 1 aliphatic rings. The zero-order valence-corrected chi connectivity index (χ0v) is 14.8. The number of hydrogen-bond acceptors (Lipinski definition) is 7. The molecule has 0 N–H and O–H groups in total. The third-order valence-electron chi connectivity index (χ3n) is 4.24.